The smallest absolute Gasteiger partial charge is 0.260 e. The van der Waals surface area contributed by atoms with Crippen LogP contribution in [0.1, 0.15) is 19.3 Å². The molecule has 2 aromatic heterocycles. The van der Waals surface area contributed by atoms with Gasteiger partial charge in [0, 0.05) is 22.9 Å². The predicted molar refractivity (Wildman–Crippen MR) is 86.1 cm³/mol. The minimum absolute atomic E-state index is 0.0257. The number of rotatable bonds is 5. The molecule has 2 unspecified atom stereocenters. The Morgan fingerprint density at radius 3 is 3.00 bits per heavy atom. The largest absolute Gasteiger partial charge is 0.306 e. The number of anilines is 1. The van der Waals surface area contributed by atoms with Crippen molar-refractivity contribution in [1.82, 2.24) is 14.1 Å². The summed E-state index contributed by atoms with van der Waals surface area (Å²) in [6.45, 7) is 0. The van der Waals surface area contributed by atoms with E-state index in [0.717, 1.165) is 19.3 Å². The summed E-state index contributed by atoms with van der Waals surface area (Å²) in [5, 5.41) is 2.39. The highest BCUT2D eigenvalue weighted by Gasteiger charge is 2.32. The molecule has 0 aliphatic heterocycles. The third-order valence-corrected chi connectivity index (χ3v) is 7.04. The van der Waals surface area contributed by atoms with Crippen molar-refractivity contribution in [2.75, 3.05) is 11.7 Å². The molecule has 0 bridgehead atoms. The molecule has 7 nitrogen and oxygen atoms in total. The van der Waals surface area contributed by atoms with Crippen molar-refractivity contribution in [2.45, 2.75) is 35.6 Å². The van der Waals surface area contributed by atoms with E-state index in [4.69, 9.17) is 5.84 Å². The maximum absolute atomic E-state index is 12.7. The summed E-state index contributed by atoms with van der Waals surface area (Å²) in [6.07, 6.45) is 6.50. The molecule has 10 heteroatoms. The SMILES string of the molecule is CSC1CCC(NS(=O)(=O)c2c(NN)nc3sccn23)C1. The number of nitrogens with zero attached hydrogens (tertiary/aromatic N) is 2. The van der Waals surface area contributed by atoms with Crippen LogP contribution in [0.5, 0.6) is 0 Å². The Labute approximate surface area is 131 Å². The quantitative estimate of drug-likeness (QED) is 0.556. The van der Waals surface area contributed by atoms with Gasteiger partial charge in [0.25, 0.3) is 10.0 Å². The average molecular weight is 347 g/mol. The summed E-state index contributed by atoms with van der Waals surface area (Å²) in [4.78, 5) is 4.78. The lowest BCUT2D eigenvalue weighted by molar-refractivity contribution is 0.549. The molecule has 1 aliphatic carbocycles. The molecular formula is C11H17N5O2S3. The molecule has 2 aromatic rings. The van der Waals surface area contributed by atoms with Gasteiger partial charge < -0.3 is 5.43 Å². The van der Waals surface area contributed by atoms with Crippen molar-refractivity contribution < 1.29 is 8.42 Å². The first kappa shape index (κ1) is 15.1. The van der Waals surface area contributed by atoms with Gasteiger partial charge in [-0.1, -0.05) is 0 Å². The van der Waals surface area contributed by atoms with Crippen LogP contribution in [0.4, 0.5) is 5.82 Å². The van der Waals surface area contributed by atoms with E-state index in [1.807, 2.05) is 0 Å². The Morgan fingerprint density at radius 1 is 1.52 bits per heavy atom. The maximum Gasteiger partial charge on any atom is 0.260 e. The average Bonchev–Trinajstić information content (AvgIpc) is 3.11. The number of nitrogens with two attached hydrogens (primary N) is 1. The first-order chi connectivity index (χ1) is 10.0. The van der Waals surface area contributed by atoms with E-state index in [1.165, 1.54) is 11.3 Å². The fourth-order valence-electron chi connectivity index (χ4n) is 2.65. The number of fused-ring (bicyclic) bond motifs is 1. The van der Waals surface area contributed by atoms with Crippen molar-refractivity contribution in [2.24, 2.45) is 5.84 Å². The zero-order chi connectivity index (χ0) is 15.0. The molecule has 1 aliphatic rings. The molecule has 1 saturated carbocycles. The van der Waals surface area contributed by atoms with Gasteiger partial charge in [0.15, 0.2) is 10.8 Å². The minimum Gasteiger partial charge on any atom is -0.306 e. The first-order valence-corrected chi connectivity index (χ1v) is 10.2. The van der Waals surface area contributed by atoms with E-state index in [2.05, 4.69) is 21.4 Å². The molecule has 0 amide bonds. The second-order valence-electron chi connectivity index (χ2n) is 4.95. The van der Waals surface area contributed by atoms with E-state index in [0.29, 0.717) is 10.2 Å². The van der Waals surface area contributed by atoms with Crippen LogP contribution in [0.3, 0.4) is 0 Å². The van der Waals surface area contributed by atoms with Gasteiger partial charge in [-0.25, -0.2) is 19.0 Å². The van der Waals surface area contributed by atoms with Gasteiger partial charge >= 0.3 is 0 Å². The summed E-state index contributed by atoms with van der Waals surface area (Å²) >= 11 is 3.15. The second kappa shape index (κ2) is 5.76. The van der Waals surface area contributed by atoms with Gasteiger partial charge in [0.05, 0.1) is 0 Å². The van der Waals surface area contributed by atoms with Gasteiger partial charge in [-0.15, -0.1) is 11.3 Å². The van der Waals surface area contributed by atoms with Crippen LogP contribution in [0, 0.1) is 0 Å². The van der Waals surface area contributed by atoms with E-state index in [9.17, 15) is 8.42 Å². The highest BCUT2D eigenvalue weighted by molar-refractivity contribution is 7.99. The maximum atomic E-state index is 12.7. The zero-order valence-electron chi connectivity index (χ0n) is 11.4. The molecule has 0 saturated heterocycles. The first-order valence-electron chi connectivity index (χ1n) is 6.52. The Hall–Kier alpha value is -0.810. The third-order valence-electron chi connectivity index (χ3n) is 3.65. The summed E-state index contributed by atoms with van der Waals surface area (Å²) < 4.78 is 29.7. The van der Waals surface area contributed by atoms with Crippen molar-refractivity contribution in [3.8, 4) is 0 Å². The summed E-state index contributed by atoms with van der Waals surface area (Å²) in [6, 6.07) is -0.0257. The lowest BCUT2D eigenvalue weighted by atomic mass is 10.3. The standard InChI is InChI=1S/C11H17N5O2S3/c1-19-8-3-2-7(6-8)15-21(17,18)10-9(14-12)13-11-16(10)4-5-20-11/h4-5,7-8,14-15H,2-3,6,12H2,1H3. The normalized spacial score (nSPS) is 23.0. The molecule has 21 heavy (non-hydrogen) atoms. The Kier molecular flexibility index (Phi) is 4.14. The molecule has 0 spiro atoms. The van der Waals surface area contributed by atoms with Gasteiger partial charge in [-0.3, -0.25) is 4.40 Å². The minimum atomic E-state index is -3.67. The van der Waals surface area contributed by atoms with Crippen LogP contribution in [-0.2, 0) is 10.0 Å². The number of nitrogens with one attached hydrogen (secondary N) is 2. The Morgan fingerprint density at radius 2 is 2.33 bits per heavy atom. The molecule has 116 valence electrons. The number of imidazole rings is 1. The Bertz CT molecular complexity index is 738. The topological polar surface area (TPSA) is 102 Å². The molecule has 4 N–H and O–H groups in total. The number of sulfonamides is 1. The van der Waals surface area contributed by atoms with E-state index in [-0.39, 0.29) is 16.9 Å². The van der Waals surface area contributed by atoms with Gasteiger partial charge in [-0.05, 0) is 25.5 Å². The molecule has 0 radical (unpaired) electrons. The van der Waals surface area contributed by atoms with Crippen molar-refractivity contribution in [3.63, 3.8) is 0 Å². The monoisotopic (exact) mass is 347 g/mol. The number of hydrazine groups is 1. The fourth-order valence-corrected chi connectivity index (χ4v) is 5.75. The lowest BCUT2D eigenvalue weighted by Crippen LogP contribution is -2.34. The number of thioether (sulfide) groups is 1. The summed E-state index contributed by atoms with van der Waals surface area (Å²) in [5.41, 5.74) is 2.37. The molecule has 1 fully saturated rings. The van der Waals surface area contributed by atoms with Crippen LogP contribution in [0.15, 0.2) is 16.6 Å². The number of nitrogen functional groups attached to an aromatic ring is 1. The number of hydrogen-bond acceptors (Lipinski definition) is 7. The van der Waals surface area contributed by atoms with Gasteiger partial charge in [0.1, 0.15) is 0 Å². The zero-order valence-corrected chi connectivity index (χ0v) is 13.9. The molecule has 2 heterocycles. The highest BCUT2D eigenvalue weighted by Crippen LogP contribution is 2.30. The van der Waals surface area contributed by atoms with E-state index >= 15 is 0 Å². The molecule has 0 aromatic carbocycles. The van der Waals surface area contributed by atoms with Crippen LogP contribution >= 0.6 is 23.1 Å². The number of thiazole rings is 1. The van der Waals surface area contributed by atoms with E-state index in [1.54, 1.807) is 27.7 Å². The highest BCUT2D eigenvalue weighted by atomic mass is 32.2. The lowest BCUT2D eigenvalue weighted by Gasteiger charge is -2.13. The number of hydrogen-bond donors (Lipinski definition) is 3. The van der Waals surface area contributed by atoms with Crippen LogP contribution in [-0.4, -0.2) is 35.4 Å². The summed E-state index contributed by atoms with van der Waals surface area (Å²) in [5.74, 6) is 5.58. The van der Waals surface area contributed by atoms with Gasteiger partial charge in [-0.2, -0.15) is 16.7 Å². The van der Waals surface area contributed by atoms with Crippen molar-refractivity contribution >= 4 is 43.9 Å². The van der Waals surface area contributed by atoms with Crippen LogP contribution in [0.25, 0.3) is 4.96 Å². The summed E-state index contributed by atoms with van der Waals surface area (Å²) in [7, 11) is -3.67. The molecule has 3 rings (SSSR count). The second-order valence-corrected chi connectivity index (χ2v) is 8.59. The van der Waals surface area contributed by atoms with Crippen LogP contribution < -0.4 is 16.0 Å². The third kappa shape index (κ3) is 2.78. The Balaban J connectivity index is 1.91. The van der Waals surface area contributed by atoms with E-state index < -0.39 is 10.0 Å². The van der Waals surface area contributed by atoms with Crippen molar-refractivity contribution in [3.05, 3.63) is 11.6 Å². The fraction of sp³-hybridized carbons (Fsp3) is 0.545. The number of aromatic nitrogens is 2. The van der Waals surface area contributed by atoms with Crippen molar-refractivity contribution in [1.29, 1.82) is 0 Å². The molecular weight excluding hydrogens is 330 g/mol. The van der Waals surface area contributed by atoms with Gasteiger partial charge in [0.2, 0.25) is 5.03 Å². The predicted octanol–water partition coefficient (Wildman–Crippen LogP) is 1.24. The molecule has 2 atom stereocenters. The van der Waals surface area contributed by atoms with Crippen LogP contribution in [0.2, 0.25) is 0 Å².